The summed E-state index contributed by atoms with van der Waals surface area (Å²) in [7, 11) is 4.50. The molecule has 0 fully saturated rings. The van der Waals surface area contributed by atoms with Crippen LogP contribution in [0.3, 0.4) is 0 Å². The van der Waals surface area contributed by atoms with Crippen molar-refractivity contribution in [2.24, 2.45) is 0 Å². The van der Waals surface area contributed by atoms with Crippen molar-refractivity contribution in [1.29, 1.82) is 0 Å². The summed E-state index contributed by atoms with van der Waals surface area (Å²) in [6.07, 6.45) is 5.84. The predicted octanol–water partition coefficient (Wildman–Crippen LogP) is 2.77. The number of methoxy groups -OCH3 is 2. The van der Waals surface area contributed by atoms with Crippen molar-refractivity contribution in [2.75, 3.05) is 27.9 Å². The van der Waals surface area contributed by atoms with Gasteiger partial charge >= 0.3 is 0 Å². The summed E-state index contributed by atoms with van der Waals surface area (Å²) in [5, 5.41) is 1.76. The Hall–Kier alpha value is -3.24. The SMILES string of the molecule is COC.COc1c2n(cc(C(=O)NCc3ccc(F)c(Cl)c3F)c1=O)CC1CC=CCN1C2=O. The second-order valence-electron chi connectivity index (χ2n) is 7.65. The maximum Gasteiger partial charge on any atom is 0.275 e. The third kappa shape index (κ3) is 4.83. The molecular weight excluding hydrogens is 472 g/mol. The molecule has 8 nitrogen and oxygen atoms in total. The quantitative estimate of drug-likeness (QED) is 0.520. The normalized spacial score (nSPS) is 16.2. The largest absolute Gasteiger partial charge is 0.491 e. The van der Waals surface area contributed by atoms with Gasteiger partial charge < -0.3 is 24.3 Å². The van der Waals surface area contributed by atoms with Gasteiger partial charge in [-0.1, -0.05) is 29.8 Å². The van der Waals surface area contributed by atoms with E-state index in [1.54, 1.807) is 23.7 Å². The molecule has 2 aliphatic heterocycles. The van der Waals surface area contributed by atoms with E-state index >= 15 is 0 Å². The molecule has 1 aromatic heterocycles. The molecule has 0 radical (unpaired) electrons. The number of benzene rings is 1. The number of carbonyl (C=O) groups excluding carboxylic acids is 2. The zero-order valence-corrected chi connectivity index (χ0v) is 19.6. The molecule has 1 N–H and O–H groups in total. The Bertz CT molecular complexity index is 1200. The molecule has 0 saturated heterocycles. The van der Waals surface area contributed by atoms with E-state index in [1.165, 1.54) is 13.3 Å². The van der Waals surface area contributed by atoms with E-state index in [2.05, 4.69) is 10.1 Å². The minimum Gasteiger partial charge on any atom is -0.491 e. The number of nitrogens with zero attached hydrogens (tertiary/aromatic N) is 2. The van der Waals surface area contributed by atoms with Crippen molar-refractivity contribution in [2.45, 2.75) is 25.6 Å². The summed E-state index contributed by atoms with van der Waals surface area (Å²) in [5.41, 5.74) is -0.943. The fourth-order valence-electron chi connectivity index (χ4n) is 3.83. The Labute approximate surface area is 199 Å². The number of fused-ring (bicyclic) bond motifs is 2. The first-order chi connectivity index (χ1) is 16.2. The maximum absolute atomic E-state index is 14.1. The lowest BCUT2D eigenvalue weighted by Crippen LogP contribution is -2.50. The smallest absolute Gasteiger partial charge is 0.275 e. The summed E-state index contributed by atoms with van der Waals surface area (Å²) < 4.78 is 38.4. The molecule has 11 heteroatoms. The second kappa shape index (κ2) is 10.8. The number of rotatable bonds is 4. The molecule has 182 valence electrons. The highest BCUT2D eigenvalue weighted by molar-refractivity contribution is 6.30. The molecule has 0 bridgehead atoms. The first kappa shape index (κ1) is 25.4. The molecule has 1 unspecified atom stereocenters. The fraction of sp³-hybridized carbons (Fsp3) is 0.348. The summed E-state index contributed by atoms with van der Waals surface area (Å²) >= 11 is 5.56. The number of hydrogen-bond donors (Lipinski definition) is 1. The Balaban J connectivity index is 0.00000103. The van der Waals surface area contributed by atoms with Gasteiger partial charge in [0.2, 0.25) is 5.43 Å². The number of nitrogens with one attached hydrogen (secondary N) is 1. The lowest BCUT2D eigenvalue weighted by Gasteiger charge is -2.39. The van der Waals surface area contributed by atoms with E-state index < -0.39 is 28.0 Å². The van der Waals surface area contributed by atoms with Crippen molar-refractivity contribution in [3.63, 3.8) is 0 Å². The maximum atomic E-state index is 14.1. The van der Waals surface area contributed by atoms with Crippen LogP contribution in [0.1, 0.15) is 32.8 Å². The number of halogens is 3. The van der Waals surface area contributed by atoms with Crippen LogP contribution >= 0.6 is 11.6 Å². The van der Waals surface area contributed by atoms with Crippen molar-refractivity contribution in [1.82, 2.24) is 14.8 Å². The van der Waals surface area contributed by atoms with Crippen molar-refractivity contribution in [3.8, 4) is 5.75 Å². The van der Waals surface area contributed by atoms with Gasteiger partial charge in [0.15, 0.2) is 11.4 Å². The van der Waals surface area contributed by atoms with Gasteiger partial charge in [0, 0.05) is 45.6 Å². The van der Waals surface area contributed by atoms with E-state index in [1.807, 2.05) is 12.2 Å². The van der Waals surface area contributed by atoms with Gasteiger partial charge in [-0.25, -0.2) is 8.78 Å². The van der Waals surface area contributed by atoms with E-state index in [0.29, 0.717) is 19.5 Å². The molecule has 0 saturated carbocycles. The fourth-order valence-corrected chi connectivity index (χ4v) is 4.01. The van der Waals surface area contributed by atoms with E-state index in [-0.39, 0.29) is 41.1 Å². The monoisotopic (exact) mass is 495 g/mol. The van der Waals surface area contributed by atoms with Crippen LogP contribution in [0, 0.1) is 11.6 Å². The Morgan fingerprint density at radius 1 is 1.21 bits per heavy atom. The zero-order valence-electron chi connectivity index (χ0n) is 18.9. The average molecular weight is 496 g/mol. The minimum atomic E-state index is -0.988. The van der Waals surface area contributed by atoms with Gasteiger partial charge in [-0.2, -0.15) is 0 Å². The van der Waals surface area contributed by atoms with Crippen LogP contribution < -0.4 is 15.5 Å². The molecule has 1 aromatic carbocycles. The Morgan fingerprint density at radius 2 is 1.91 bits per heavy atom. The van der Waals surface area contributed by atoms with Crippen LogP contribution in [0.15, 0.2) is 35.3 Å². The first-order valence-electron chi connectivity index (χ1n) is 10.3. The highest BCUT2D eigenvalue weighted by atomic mass is 35.5. The van der Waals surface area contributed by atoms with Gasteiger partial charge in [-0.05, 0) is 12.5 Å². The molecular formula is C23H24ClF2N3O5. The average Bonchev–Trinajstić information content (AvgIpc) is 2.82. The third-order valence-electron chi connectivity index (χ3n) is 5.43. The van der Waals surface area contributed by atoms with E-state index in [0.717, 1.165) is 12.1 Å². The molecule has 2 aliphatic rings. The minimum absolute atomic E-state index is 0.0374. The topological polar surface area (TPSA) is 89.9 Å². The second-order valence-corrected chi connectivity index (χ2v) is 8.03. The van der Waals surface area contributed by atoms with E-state index in [4.69, 9.17) is 16.3 Å². The first-order valence-corrected chi connectivity index (χ1v) is 10.7. The van der Waals surface area contributed by atoms with Crippen molar-refractivity contribution >= 4 is 23.4 Å². The van der Waals surface area contributed by atoms with Crippen molar-refractivity contribution < 1.29 is 27.8 Å². The number of ether oxygens (including phenoxy) is 2. The molecule has 3 heterocycles. The summed E-state index contributed by atoms with van der Waals surface area (Å²) in [6, 6.07) is 2.05. The highest BCUT2D eigenvalue weighted by Gasteiger charge is 2.36. The molecule has 0 aliphatic carbocycles. The van der Waals surface area contributed by atoms with Crippen LogP contribution in [-0.2, 0) is 17.8 Å². The summed E-state index contributed by atoms with van der Waals surface area (Å²) in [6.45, 7) is 0.522. The molecule has 34 heavy (non-hydrogen) atoms. The standard InChI is InChI=1S/C21H18ClF2N3O4.C2H6O/c1-31-19-17-21(30)27-7-3-2-4-12(27)9-26(17)10-13(18(19)28)20(29)25-8-11-5-6-14(23)15(22)16(11)24;1-3-2/h2-3,5-6,10,12H,4,7-9H2,1H3,(H,25,29);1-2H3. The lowest BCUT2D eigenvalue weighted by atomic mass is 10.0. The Kier molecular flexibility index (Phi) is 8.06. The number of aromatic nitrogens is 1. The lowest BCUT2D eigenvalue weighted by molar-refractivity contribution is 0.0602. The summed E-state index contributed by atoms with van der Waals surface area (Å²) in [5.74, 6) is -3.25. The van der Waals surface area contributed by atoms with Gasteiger partial charge in [-0.15, -0.1) is 0 Å². The number of amides is 2. The Morgan fingerprint density at radius 3 is 2.59 bits per heavy atom. The van der Waals surface area contributed by atoms with Gasteiger partial charge in [-0.3, -0.25) is 14.4 Å². The molecule has 1 atom stereocenters. The van der Waals surface area contributed by atoms with Crippen LogP contribution in [0.5, 0.6) is 5.75 Å². The van der Waals surface area contributed by atoms with Crippen LogP contribution in [0.25, 0.3) is 0 Å². The number of carbonyl (C=O) groups is 2. The third-order valence-corrected chi connectivity index (χ3v) is 5.78. The molecule has 4 rings (SSSR count). The highest BCUT2D eigenvalue weighted by Crippen LogP contribution is 2.27. The van der Waals surface area contributed by atoms with Gasteiger partial charge in [0.1, 0.15) is 22.2 Å². The summed E-state index contributed by atoms with van der Waals surface area (Å²) in [4.78, 5) is 40.2. The molecule has 2 amide bonds. The predicted molar refractivity (Wildman–Crippen MR) is 121 cm³/mol. The van der Waals surface area contributed by atoms with E-state index in [9.17, 15) is 23.2 Å². The molecule has 0 spiro atoms. The number of pyridine rings is 1. The van der Waals surface area contributed by atoms with Crippen molar-refractivity contribution in [3.05, 3.63) is 74.2 Å². The van der Waals surface area contributed by atoms with Crippen LogP contribution in [0.4, 0.5) is 8.78 Å². The van der Waals surface area contributed by atoms with Crippen LogP contribution in [-0.4, -0.2) is 55.2 Å². The number of hydrogen-bond acceptors (Lipinski definition) is 5. The van der Waals surface area contributed by atoms with Gasteiger partial charge in [0.05, 0.1) is 13.2 Å². The zero-order chi connectivity index (χ0) is 25.0. The van der Waals surface area contributed by atoms with Crippen LogP contribution in [0.2, 0.25) is 5.02 Å². The molecule has 2 aromatic rings. The van der Waals surface area contributed by atoms with Gasteiger partial charge in [0.25, 0.3) is 11.8 Å².